The van der Waals surface area contributed by atoms with Crippen LogP contribution in [0.1, 0.15) is 97.3 Å². The number of hydrogen-bond acceptors (Lipinski definition) is 4. The summed E-state index contributed by atoms with van der Waals surface area (Å²) in [6.45, 7) is 4.52. The van der Waals surface area contributed by atoms with E-state index in [0.29, 0.717) is 12.3 Å². The van der Waals surface area contributed by atoms with E-state index in [1.165, 1.54) is 64.2 Å². The smallest absolute Gasteiger partial charge is 0.726 e. The van der Waals surface area contributed by atoms with Gasteiger partial charge in [-0.3, -0.25) is 4.18 Å². The molecule has 0 fully saturated rings. The van der Waals surface area contributed by atoms with Crippen LogP contribution in [0.15, 0.2) is 0 Å². The molecule has 0 aliphatic carbocycles. The van der Waals surface area contributed by atoms with Gasteiger partial charge in [-0.2, -0.15) is 0 Å². The van der Waals surface area contributed by atoms with Gasteiger partial charge in [-0.15, -0.1) is 0 Å². The van der Waals surface area contributed by atoms with E-state index >= 15 is 0 Å². The minimum absolute atomic E-state index is 0. The maximum Gasteiger partial charge on any atom is 1.00 e. The van der Waals surface area contributed by atoms with Crippen molar-refractivity contribution in [2.45, 2.75) is 97.3 Å². The van der Waals surface area contributed by atoms with E-state index in [9.17, 15) is 13.0 Å². The second kappa shape index (κ2) is 17.7. The third-order valence-electron chi connectivity index (χ3n) is 4.12. The summed E-state index contributed by atoms with van der Waals surface area (Å²) in [5, 5.41) is 0. The summed E-state index contributed by atoms with van der Waals surface area (Å²) in [6.07, 6.45) is 16.1. The molecule has 0 aromatic carbocycles. The molecule has 0 aromatic rings. The van der Waals surface area contributed by atoms with Gasteiger partial charge in [0.1, 0.15) is 0 Å². The molecule has 0 aliphatic heterocycles. The van der Waals surface area contributed by atoms with Gasteiger partial charge in [0.2, 0.25) is 10.4 Å². The average Bonchev–Trinajstić information content (AvgIpc) is 2.44. The third kappa shape index (κ3) is 22.9. The maximum absolute atomic E-state index is 10.3. The van der Waals surface area contributed by atoms with Gasteiger partial charge in [0.15, 0.2) is 0 Å². The summed E-state index contributed by atoms with van der Waals surface area (Å²) in [7, 11) is -4.51. The fraction of sp³-hybridized carbons (Fsp3) is 1.00. The monoisotopic (exact) mass is 358 g/mol. The molecular weight excluding hydrogens is 323 g/mol. The molecule has 0 N–H and O–H groups in total. The molecule has 4 nitrogen and oxygen atoms in total. The van der Waals surface area contributed by atoms with Crippen LogP contribution in [0.25, 0.3) is 0 Å². The summed E-state index contributed by atoms with van der Waals surface area (Å²) < 4.78 is 34.9. The minimum Gasteiger partial charge on any atom is -0.726 e. The molecule has 1 atom stereocenters. The molecule has 0 bridgehead atoms. The first-order chi connectivity index (χ1) is 10.5. The standard InChI is InChI=1S/C17H36O4S.Na/c1-3-4-5-6-7-8-9-10-11-14-17(2)15-12-13-16-21-22(18,19)20;/h17H,3-16H2,1-2H3,(H,18,19,20);/q;+1/p-1. The summed E-state index contributed by atoms with van der Waals surface area (Å²) in [6, 6.07) is 0. The summed E-state index contributed by atoms with van der Waals surface area (Å²) in [4.78, 5) is 0. The van der Waals surface area contributed by atoms with Gasteiger partial charge in [0.05, 0.1) is 6.61 Å². The van der Waals surface area contributed by atoms with Gasteiger partial charge in [0.25, 0.3) is 0 Å². The Balaban J connectivity index is 0. The zero-order valence-electron chi connectivity index (χ0n) is 15.5. The molecule has 134 valence electrons. The zero-order valence-corrected chi connectivity index (χ0v) is 18.3. The predicted molar refractivity (Wildman–Crippen MR) is 90.5 cm³/mol. The predicted octanol–water partition coefficient (Wildman–Crippen LogP) is 2.19. The molecule has 0 heterocycles. The van der Waals surface area contributed by atoms with Crippen molar-refractivity contribution < 1.29 is 46.7 Å². The van der Waals surface area contributed by atoms with E-state index in [1.54, 1.807) is 0 Å². The first kappa shape index (κ1) is 26.1. The van der Waals surface area contributed by atoms with Crippen molar-refractivity contribution >= 4 is 10.4 Å². The topological polar surface area (TPSA) is 66.4 Å². The van der Waals surface area contributed by atoms with Crippen LogP contribution in [0, 0.1) is 5.92 Å². The molecule has 0 amide bonds. The van der Waals surface area contributed by atoms with Crippen LogP contribution in [0.4, 0.5) is 0 Å². The molecule has 0 saturated carbocycles. The fourth-order valence-corrected chi connectivity index (χ4v) is 3.03. The molecule has 6 heteroatoms. The first-order valence-electron chi connectivity index (χ1n) is 9.06. The Morgan fingerprint density at radius 1 is 0.826 bits per heavy atom. The van der Waals surface area contributed by atoms with Crippen LogP contribution in [0.3, 0.4) is 0 Å². The molecule has 0 saturated heterocycles. The maximum atomic E-state index is 10.3. The fourth-order valence-electron chi connectivity index (χ4n) is 2.70. The third-order valence-corrected chi connectivity index (χ3v) is 4.57. The van der Waals surface area contributed by atoms with Crippen molar-refractivity contribution in [3.05, 3.63) is 0 Å². The summed E-state index contributed by atoms with van der Waals surface area (Å²) in [5.74, 6) is 0.674. The molecule has 0 aromatic heterocycles. The van der Waals surface area contributed by atoms with Gasteiger partial charge < -0.3 is 4.55 Å². The van der Waals surface area contributed by atoms with Crippen molar-refractivity contribution in [2.75, 3.05) is 6.61 Å². The zero-order chi connectivity index (χ0) is 16.7. The minimum atomic E-state index is -4.51. The number of unbranched alkanes of at least 4 members (excludes halogenated alkanes) is 9. The van der Waals surface area contributed by atoms with Crippen LogP contribution in [-0.2, 0) is 14.6 Å². The number of hydrogen-bond donors (Lipinski definition) is 0. The van der Waals surface area contributed by atoms with Crippen molar-refractivity contribution in [1.29, 1.82) is 0 Å². The average molecular weight is 359 g/mol. The molecule has 0 aliphatic rings. The molecule has 0 radical (unpaired) electrons. The van der Waals surface area contributed by atoms with Gasteiger partial charge in [-0.1, -0.05) is 90.9 Å². The van der Waals surface area contributed by atoms with E-state index in [1.807, 2.05) is 0 Å². The summed E-state index contributed by atoms with van der Waals surface area (Å²) >= 11 is 0. The SMILES string of the molecule is CCCCCCCCCCCC(C)CCCCOS(=O)(=O)[O-].[Na+]. The van der Waals surface area contributed by atoms with Crippen molar-refractivity contribution in [3.63, 3.8) is 0 Å². The van der Waals surface area contributed by atoms with Crippen LogP contribution >= 0.6 is 0 Å². The van der Waals surface area contributed by atoms with Crippen LogP contribution in [0.5, 0.6) is 0 Å². The van der Waals surface area contributed by atoms with E-state index in [4.69, 9.17) is 0 Å². The Hall–Kier alpha value is 0.870. The Kier molecular flexibility index (Phi) is 20.1. The van der Waals surface area contributed by atoms with Crippen molar-refractivity contribution in [2.24, 2.45) is 5.92 Å². The largest absolute Gasteiger partial charge is 1.00 e. The van der Waals surface area contributed by atoms with Gasteiger partial charge in [-0.25, -0.2) is 8.42 Å². The van der Waals surface area contributed by atoms with Crippen LogP contribution < -0.4 is 29.6 Å². The van der Waals surface area contributed by atoms with Crippen LogP contribution in [-0.4, -0.2) is 19.6 Å². The van der Waals surface area contributed by atoms with E-state index in [-0.39, 0.29) is 36.2 Å². The van der Waals surface area contributed by atoms with Gasteiger partial charge in [0, 0.05) is 0 Å². The van der Waals surface area contributed by atoms with Gasteiger partial charge >= 0.3 is 29.6 Å². The Bertz CT molecular complexity index is 333. The molecule has 0 rings (SSSR count). The van der Waals surface area contributed by atoms with Crippen molar-refractivity contribution in [1.82, 2.24) is 0 Å². The Morgan fingerprint density at radius 2 is 1.26 bits per heavy atom. The van der Waals surface area contributed by atoms with Gasteiger partial charge in [-0.05, 0) is 12.3 Å². The Labute approximate surface area is 166 Å². The van der Waals surface area contributed by atoms with Crippen molar-refractivity contribution in [3.8, 4) is 0 Å². The molecular formula is C17H35NaO4S. The molecule has 23 heavy (non-hydrogen) atoms. The van der Waals surface area contributed by atoms with E-state index < -0.39 is 10.4 Å². The quantitative estimate of drug-likeness (QED) is 0.184. The number of rotatable bonds is 16. The Morgan fingerprint density at radius 3 is 1.74 bits per heavy atom. The van der Waals surface area contributed by atoms with E-state index in [0.717, 1.165) is 12.8 Å². The summed E-state index contributed by atoms with van der Waals surface area (Å²) in [5.41, 5.74) is 0. The second-order valence-corrected chi connectivity index (χ2v) is 7.50. The van der Waals surface area contributed by atoms with Crippen LogP contribution in [0.2, 0.25) is 0 Å². The normalized spacial score (nSPS) is 12.8. The molecule has 0 spiro atoms. The molecule has 1 unspecified atom stereocenters. The first-order valence-corrected chi connectivity index (χ1v) is 10.4. The second-order valence-electron chi connectivity index (χ2n) is 6.45. The van der Waals surface area contributed by atoms with E-state index in [2.05, 4.69) is 18.0 Å².